The molecule has 1 spiro atoms. The second-order valence-corrected chi connectivity index (χ2v) is 29.2. The molecule has 498 valence electrons. The first-order valence-corrected chi connectivity index (χ1v) is 31.3. The van der Waals surface area contributed by atoms with Gasteiger partial charge in [-0.1, -0.05) is 41.5 Å². The Bertz CT molecular complexity index is 2450. The first-order chi connectivity index (χ1) is 40.9. The van der Waals surface area contributed by atoms with E-state index in [0.29, 0.717) is 32.3 Å². The van der Waals surface area contributed by atoms with Crippen LogP contribution in [0.25, 0.3) is 0 Å². The van der Waals surface area contributed by atoms with E-state index in [-0.39, 0.29) is 34.0 Å². The van der Waals surface area contributed by atoms with E-state index in [0.717, 1.165) is 51.7 Å². The topological polar surface area (TPSA) is 408 Å². The normalized spacial score (nSPS) is 56.5. The van der Waals surface area contributed by atoms with E-state index in [9.17, 15) is 76.0 Å². The lowest BCUT2D eigenvalue weighted by molar-refractivity contribution is -0.404. The first kappa shape index (κ1) is 66.6. The number of carbonyl (C=O) groups is 2. The number of hydrogen-bond acceptors (Lipinski definition) is 27. The van der Waals surface area contributed by atoms with Crippen LogP contribution in [0.3, 0.4) is 0 Å². The van der Waals surface area contributed by atoms with Gasteiger partial charge in [-0.3, -0.25) is 4.79 Å². The average Bonchev–Trinajstić information content (AvgIpc) is 1.62. The van der Waals surface area contributed by atoms with Crippen LogP contribution in [-0.4, -0.2) is 271 Å². The maximum absolute atomic E-state index is 12.8. The second kappa shape index (κ2) is 24.2. The summed E-state index contributed by atoms with van der Waals surface area (Å²) >= 11 is 0. The van der Waals surface area contributed by atoms with Gasteiger partial charge in [-0.05, 0) is 105 Å². The monoisotopic (exact) mass is 1250 g/mol. The fourth-order valence-electron chi connectivity index (χ4n) is 19.0. The fraction of sp³-hybridized carbons (Fsp3) is 0.967. The minimum absolute atomic E-state index is 0.0378. The molecule has 2 bridgehead atoms. The molecular formula is C60H96O27. The first-order valence-electron chi connectivity index (χ1n) is 31.3. The highest BCUT2D eigenvalue weighted by molar-refractivity contribution is 5.65. The van der Waals surface area contributed by atoms with Crippen molar-refractivity contribution in [3.8, 4) is 0 Å². The molecule has 34 atom stereocenters. The summed E-state index contributed by atoms with van der Waals surface area (Å²) in [5.41, 5.74) is -2.90. The third kappa shape index (κ3) is 10.7. The van der Waals surface area contributed by atoms with Gasteiger partial charge in [0.25, 0.3) is 0 Å². The van der Waals surface area contributed by atoms with E-state index in [4.69, 9.17) is 56.8 Å². The number of aliphatic hydroxyl groups is 13. The Morgan fingerprint density at radius 3 is 1.89 bits per heavy atom. The quantitative estimate of drug-likeness (QED) is 0.0487. The van der Waals surface area contributed by atoms with Crippen molar-refractivity contribution in [1.29, 1.82) is 0 Å². The van der Waals surface area contributed by atoms with Gasteiger partial charge in [0.1, 0.15) is 117 Å². The maximum Gasteiger partial charge on any atom is 0.302 e. The van der Waals surface area contributed by atoms with Gasteiger partial charge in [0, 0.05) is 23.2 Å². The summed E-state index contributed by atoms with van der Waals surface area (Å²) < 4.78 is 74.4. The largest absolute Gasteiger partial charge is 0.463 e. The van der Waals surface area contributed by atoms with Crippen LogP contribution in [-0.2, 0) is 66.4 Å². The van der Waals surface area contributed by atoms with E-state index in [1.165, 1.54) is 6.92 Å². The lowest BCUT2D eigenvalue weighted by Crippen LogP contribution is -2.74. The Morgan fingerprint density at radius 2 is 1.20 bits per heavy atom. The molecule has 0 aromatic rings. The molecule has 6 heterocycles. The van der Waals surface area contributed by atoms with Gasteiger partial charge in [-0.2, -0.15) is 0 Å². The fourth-order valence-corrected chi connectivity index (χ4v) is 19.0. The highest BCUT2D eigenvalue weighted by Crippen LogP contribution is 2.80. The zero-order chi connectivity index (χ0) is 63.0. The van der Waals surface area contributed by atoms with E-state index >= 15 is 0 Å². The molecule has 27 nitrogen and oxygen atoms in total. The molecule has 6 saturated heterocycles. The maximum atomic E-state index is 12.8. The van der Waals surface area contributed by atoms with Crippen molar-refractivity contribution in [1.82, 2.24) is 0 Å². The minimum Gasteiger partial charge on any atom is -0.463 e. The average molecular weight is 1250 g/mol. The van der Waals surface area contributed by atoms with E-state index in [1.54, 1.807) is 0 Å². The summed E-state index contributed by atoms with van der Waals surface area (Å²) in [7, 11) is 0. The van der Waals surface area contributed by atoms with Crippen molar-refractivity contribution < 1.29 is 133 Å². The number of fused-ring (bicyclic) bond motifs is 4. The van der Waals surface area contributed by atoms with Crippen LogP contribution in [0.15, 0.2) is 0 Å². The summed E-state index contributed by atoms with van der Waals surface area (Å²) in [6, 6.07) is 0. The summed E-state index contributed by atoms with van der Waals surface area (Å²) in [6.45, 7) is 13.9. The zero-order valence-electron chi connectivity index (χ0n) is 50.9. The molecule has 11 rings (SSSR count). The number of aliphatic hydroxyl groups excluding tert-OH is 13. The lowest BCUT2D eigenvalue weighted by Gasteiger charge is -2.75. The number of hydrogen-bond donors (Lipinski definition) is 13. The summed E-state index contributed by atoms with van der Waals surface area (Å²) in [6.07, 6.45) is -32.8. The van der Waals surface area contributed by atoms with Gasteiger partial charge in [-0.25, -0.2) is 0 Å². The molecule has 0 amide bonds. The smallest absolute Gasteiger partial charge is 0.302 e. The van der Waals surface area contributed by atoms with Crippen LogP contribution < -0.4 is 0 Å². The van der Waals surface area contributed by atoms with Crippen molar-refractivity contribution >= 4 is 12.3 Å². The molecule has 5 aliphatic carbocycles. The van der Waals surface area contributed by atoms with E-state index in [2.05, 4.69) is 34.6 Å². The van der Waals surface area contributed by atoms with Crippen LogP contribution in [0.1, 0.15) is 120 Å². The predicted octanol–water partition coefficient (Wildman–Crippen LogP) is -2.47. The van der Waals surface area contributed by atoms with E-state index in [1.807, 2.05) is 6.92 Å². The third-order valence-electron chi connectivity index (χ3n) is 24.3. The molecule has 34 unspecified atom stereocenters. The molecule has 87 heavy (non-hydrogen) atoms. The number of aldehydes is 1. The number of rotatable bonds is 14. The van der Waals surface area contributed by atoms with Crippen molar-refractivity contribution in [2.45, 2.75) is 279 Å². The van der Waals surface area contributed by atoms with Crippen LogP contribution in [0.2, 0.25) is 0 Å². The molecule has 6 aliphatic heterocycles. The Balaban J connectivity index is 0.876. The summed E-state index contributed by atoms with van der Waals surface area (Å²) in [5.74, 6) is -0.428. The van der Waals surface area contributed by atoms with Gasteiger partial charge in [-0.15, -0.1) is 0 Å². The Kier molecular flexibility index (Phi) is 18.5. The van der Waals surface area contributed by atoms with Crippen molar-refractivity contribution in [2.24, 2.45) is 50.2 Å². The molecule has 11 fully saturated rings. The molecule has 11 aliphatic rings. The third-order valence-corrected chi connectivity index (χ3v) is 24.3. The molecule has 5 saturated carbocycles. The Hall–Kier alpha value is -1.82. The summed E-state index contributed by atoms with van der Waals surface area (Å²) in [4.78, 5) is 24.6. The lowest BCUT2D eigenvalue weighted by atomic mass is 9.30. The second-order valence-electron chi connectivity index (χ2n) is 29.2. The highest BCUT2D eigenvalue weighted by Gasteiger charge is 2.80. The van der Waals surface area contributed by atoms with Gasteiger partial charge < -0.3 is 128 Å². The standard InChI is InChI=1S/C60H96O27/c1-25-36(66)41(71)44(74)50(80-25)85-46-39(69)28(19-61)81-53(48(46)87-49-43(73)37(67)27(64)20-77-49)83-30-22-78-52(47(40(30)70)86-51-45(75)42(72)38(68)29(82-51)21-76-26(2)63)84-35-11-12-56(6)31(54(35,3)4)9-13-57(7)32(56)10-14-60-33-17-55(5,23-62)15-16-59(33,24-79-60)34(65)18-58(57,60)8/h23,25,27-53,61,64-75H,9-22,24H2,1-8H3. The Labute approximate surface area is 505 Å². The van der Waals surface area contributed by atoms with Gasteiger partial charge in [0.15, 0.2) is 31.5 Å². The molecule has 0 radical (unpaired) electrons. The van der Waals surface area contributed by atoms with Gasteiger partial charge in [0.05, 0.1) is 50.3 Å². The summed E-state index contributed by atoms with van der Waals surface area (Å²) in [5, 5.41) is 145. The molecule has 13 N–H and O–H groups in total. The van der Waals surface area contributed by atoms with Gasteiger partial charge in [0.2, 0.25) is 0 Å². The molecular weight excluding hydrogens is 1150 g/mol. The zero-order valence-corrected chi connectivity index (χ0v) is 50.9. The van der Waals surface area contributed by atoms with Gasteiger partial charge >= 0.3 is 5.97 Å². The number of ether oxygens (including phenoxy) is 12. The number of esters is 1. The van der Waals surface area contributed by atoms with Crippen molar-refractivity contribution in [3.05, 3.63) is 0 Å². The molecule has 0 aromatic heterocycles. The van der Waals surface area contributed by atoms with Crippen LogP contribution >= 0.6 is 0 Å². The van der Waals surface area contributed by atoms with Crippen LogP contribution in [0, 0.1) is 50.2 Å². The minimum atomic E-state index is -1.98. The van der Waals surface area contributed by atoms with Crippen molar-refractivity contribution in [2.75, 3.05) is 33.0 Å². The molecule has 27 heteroatoms. The number of carbonyl (C=O) groups excluding carboxylic acids is 2. The highest BCUT2D eigenvalue weighted by atomic mass is 16.8. The van der Waals surface area contributed by atoms with Crippen LogP contribution in [0.5, 0.6) is 0 Å². The van der Waals surface area contributed by atoms with Crippen LogP contribution in [0.4, 0.5) is 0 Å². The SMILES string of the molecule is CC(=O)OCC1OC(OC2C(OC3CCC4(C)C(CCC5(C)C4CCC46OCC7(CCC(C)(C=O)CC74)C(O)CC56C)C3(C)C)OCC(OC3OC(CO)C(O)C(OC4OC(C)C(O)C(O)C4O)C3OC3OCC(O)C(O)C3O)C2O)C(O)C(O)C1O. The predicted molar refractivity (Wildman–Crippen MR) is 291 cm³/mol. The Morgan fingerprint density at radius 1 is 0.563 bits per heavy atom. The molecule has 0 aromatic carbocycles. The van der Waals surface area contributed by atoms with Crippen molar-refractivity contribution in [3.63, 3.8) is 0 Å². The van der Waals surface area contributed by atoms with E-state index < -0.39 is 208 Å².